The second kappa shape index (κ2) is 7.62. The molecule has 4 N–H and O–H groups in total. The normalized spacial score (nSPS) is 12.1. The van der Waals surface area contributed by atoms with Crippen molar-refractivity contribution in [3.63, 3.8) is 0 Å². The number of rotatable bonds is 8. The van der Waals surface area contributed by atoms with Crippen molar-refractivity contribution in [1.29, 1.82) is 0 Å². The van der Waals surface area contributed by atoms with Gasteiger partial charge in [0, 0.05) is 0 Å². The molecule has 0 aliphatic rings. The van der Waals surface area contributed by atoms with Crippen LogP contribution in [0.2, 0.25) is 0 Å². The first kappa shape index (κ1) is 14.4. The lowest BCUT2D eigenvalue weighted by molar-refractivity contribution is -0.144. The fraction of sp³-hybridized carbons (Fsp3) is 0.500. The van der Waals surface area contributed by atoms with Gasteiger partial charge in [0.1, 0.15) is 6.04 Å². The molecule has 0 unspecified atom stereocenters. The zero-order valence-electron chi connectivity index (χ0n) is 10.1. The third kappa shape index (κ3) is 4.68. The number of ether oxygens (including phenoxy) is 1. The third-order valence-electron chi connectivity index (χ3n) is 2.41. The van der Waals surface area contributed by atoms with Gasteiger partial charge in [-0.2, -0.15) is 0 Å². The van der Waals surface area contributed by atoms with Crippen molar-refractivity contribution in [2.24, 2.45) is 11.5 Å². The van der Waals surface area contributed by atoms with Crippen LogP contribution < -0.4 is 11.5 Å². The molecule has 0 aromatic carbocycles. The predicted molar refractivity (Wildman–Crippen MR) is 64.9 cm³/mol. The molecular weight excluding hydrogens is 236 g/mol. The van der Waals surface area contributed by atoms with E-state index in [4.69, 9.17) is 20.6 Å². The summed E-state index contributed by atoms with van der Waals surface area (Å²) in [5, 5.41) is 0. The fourth-order valence-corrected chi connectivity index (χ4v) is 1.38. The van der Waals surface area contributed by atoms with Crippen molar-refractivity contribution < 1.29 is 18.7 Å². The smallest absolute Gasteiger partial charge is 0.323 e. The van der Waals surface area contributed by atoms with Gasteiger partial charge in [-0.05, 0) is 31.5 Å². The average Bonchev–Trinajstić information content (AvgIpc) is 2.89. The van der Waals surface area contributed by atoms with E-state index in [1.807, 2.05) is 0 Å². The van der Waals surface area contributed by atoms with Crippen LogP contribution in [0.25, 0.3) is 0 Å². The number of hydrogen-bond acceptors (Lipinski definition) is 6. The summed E-state index contributed by atoms with van der Waals surface area (Å²) in [5.41, 5.74) is 10.9. The molecule has 0 aliphatic carbocycles. The summed E-state index contributed by atoms with van der Waals surface area (Å²) >= 11 is 0. The fourth-order valence-electron chi connectivity index (χ4n) is 1.38. The maximum absolute atomic E-state index is 11.5. The number of nitrogens with two attached hydrogens (primary N) is 2. The Hall–Kier alpha value is -1.66. The molecule has 100 valence electrons. The Morgan fingerprint density at radius 3 is 2.78 bits per heavy atom. The van der Waals surface area contributed by atoms with Crippen molar-refractivity contribution in [3.05, 3.63) is 24.2 Å². The second-order valence-electron chi connectivity index (χ2n) is 3.90. The summed E-state index contributed by atoms with van der Waals surface area (Å²) < 4.78 is 9.70. The molecule has 0 radical (unpaired) electrons. The summed E-state index contributed by atoms with van der Waals surface area (Å²) in [5.74, 6) is -0.797. The molecule has 0 saturated heterocycles. The van der Waals surface area contributed by atoms with E-state index in [9.17, 15) is 9.59 Å². The van der Waals surface area contributed by atoms with Crippen LogP contribution in [0.4, 0.5) is 0 Å². The molecule has 6 heteroatoms. The number of carbonyl (C=O) groups is 2. The molecule has 0 aliphatic heterocycles. The first-order valence-electron chi connectivity index (χ1n) is 5.84. The lowest BCUT2D eigenvalue weighted by Crippen LogP contribution is -2.33. The second-order valence-corrected chi connectivity index (χ2v) is 3.90. The largest absolute Gasteiger partial charge is 0.461 e. The van der Waals surface area contributed by atoms with Gasteiger partial charge in [-0.15, -0.1) is 0 Å². The van der Waals surface area contributed by atoms with Crippen LogP contribution in [0.5, 0.6) is 0 Å². The lowest BCUT2D eigenvalue weighted by atomic mass is 10.1. The summed E-state index contributed by atoms with van der Waals surface area (Å²) in [6.45, 7) is 0.218. The van der Waals surface area contributed by atoms with Crippen LogP contribution in [0, 0.1) is 0 Å². The van der Waals surface area contributed by atoms with Crippen LogP contribution >= 0.6 is 0 Å². The van der Waals surface area contributed by atoms with Gasteiger partial charge in [0.2, 0.25) is 5.78 Å². The average molecular weight is 254 g/mol. The molecule has 0 fully saturated rings. The van der Waals surface area contributed by atoms with Crippen molar-refractivity contribution in [2.45, 2.75) is 25.3 Å². The number of esters is 1. The highest BCUT2D eigenvalue weighted by atomic mass is 16.5. The molecule has 18 heavy (non-hydrogen) atoms. The highest BCUT2D eigenvalue weighted by molar-refractivity contribution is 5.95. The zero-order valence-corrected chi connectivity index (χ0v) is 10.1. The zero-order chi connectivity index (χ0) is 13.4. The number of Topliss-reactive ketones (excluding diaryl/α,β-unsaturated/α-hetero) is 1. The highest BCUT2D eigenvalue weighted by Crippen LogP contribution is 2.03. The summed E-state index contributed by atoms with van der Waals surface area (Å²) in [4.78, 5) is 22.9. The molecule has 0 spiro atoms. The van der Waals surface area contributed by atoms with Gasteiger partial charge >= 0.3 is 5.97 Å². The Morgan fingerprint density at radius 1 is 1.39 bits per heavy atom. The van der Waals surface area contributed by atoms with E-state index in [1.165, 1.54) is 12.3 Å². The third-order valence-corrected chi connectivity index (χ3v) is 2.41. The summed E-state index contributed by atoms with van der Waals surface area (Å²) in [6.07, 6.45) is 3.46. The van der Waals surface area contributed by atoms with Gasteiger partial charge in [0.15, 0.2) is 12.4 Å². The van der Waals surface area contributed by atoms with Gasteiger partial charge in [-0.3, -0.25) is 9.59 Å². The molecule has 1 atom stereocenters. The van der Waals surface area contributed by atoms with E-state index in [1.54, 1.807) is 6.07 Å². The molecule has 1 rings (SSSR count). The minimum Gasteiger partial charge on any atom is -0.461 e. The van der Waals surface area contributed by atoms with E-state index >= 15 is 0 Å². The maximum atomic E-state index is 11.5. The summed E-state index contributed by atoms with van der Waals surface area (Å²) in [7, 11) is 0. The number of furan rings is 1. The van der Waals surface area contributed by atoms with Gasteiger partial charge in [-0.25, -0.2) is 0 Å². The quantitative estimate of drug-likeness (QED) is 0.396. The monoisotopic (exact) mass is 254 g/mol. The molecule has 1 heterocycles. The number of hydrogen-bond donors (Lipinski definition) is 2. The number of ketones is 1. The van der Waals surface area contributed by atoms with Gasteiger partial charge in [0.25, 0.3) is 0 Å². The Labute approximate surface area is 105 Å². The Morgan fingerprint density at radius 2 is 2.17 bits per heavy atom. The Balaban J connectivity index is 2.26. The SMILES string of the molecule is NCCCC[C@H](N)C(=O)OCC(=O)c1ccco1. The van der Waals surface area contributed by atoms with Crippen LogP contribution in [0.3, 0.4) is 0 Å². The standard InChI is InChI=1S/C12H18N2O4/c13-6-2-1-4-9(14)12(16)18-8-10(15)11-5-3-7-17-11/h3,5,7,9H,1-2,4,6,8,13-14H2/t9-/m0/s1. The molecule has 0 amide bonds. The highest BCUT2D eigenvalue weighted by Gasteiger charge is 2.17. The van der Waals surface area contributed by atoms with Crippen LogP contribution in [0.1, 0.15) is 29.8 Å². The van der Waals surface area contributed by atoms with Gasteiger partial charge in [-0.1, -0.05) is 6.42 Å². The molecule has 6 nitrogen and oxygen atoms in total. The van der Waals surface area contributed by atoms with E-state index in [0.717, 1.165) is 12.8 Å². The van der Waals surface area contributed by atoms with E-state index in [2.05, 4.69) is 0 Å². The Kier molecular flexibility index (Phi) is 6.10. The van der Waals surface area contributed by atoms with E-state index in [0.29, 0.717) is 13.0 Å². The van der Waals surface area contributed by atoms with Crippen molar-refractivity contribution in [1.82, 2.24) is 0 Å². The molecule has 1 aromatic rings. The minimum atomic E-state index is -0.707. The lowest BCUT2D eigenvalue weighted by Gasteiger charge is -2.10. The maximum Gasteiger partial charge on any atom is 0.323 e. The number of carbonyl (C=O) groups excluding carboxylic acids is 2. The topological polar surface area (TPSA) is 109 Å². The first-order valence-corrected chi connectivity index (χ1v) is 5.84. The van der Waals surface area contributed by atoms with Crippen LogP contribution in [0.15, 0.2) is 22.8 Å². The van der Waals surface area contributed by atoms with Gasteiger partial charge in [0.05, 0.1) is 6.26 Å². The van der Waals surface area contributed by atoms with Crippen molar-refractivity contribution in [3.8, 4) is 0 Å². The van der Waals surface area contributed by atoms with E-state index in [-0.39, 0.29) is 18.2 Å². The van der Waals surface area contributed by atoms with E-state index < -0.39 is 12.0 Å². The Bertz CT molecular complexity index is 375. The molecule has 0 bridgehead atoms. The van der Waals surface area contributed by atoms with Crippen molar-refractivity contribution in [2.75, 3.05) is 13.2 Å². The molecule has 1 aromatic heterocycles. The first-order chi connectivity index (χ1) is 8.65. The minimum absolute atomic E-state index is 0.166. The summed E-state index contributed by atoms with van der Waals surface area (Å²) in [6, 6.07) is 2.39. The van der Waals surface area contributed by atoms with Crippen molar-refractivity contribution >= 4 is 11.8 Å². The molecular formula is C12H18N2O4. The predicted octanol–water partition coefficient (Wildman–Crippen LogP) is 0.462. The van der Waals surface area contributed by atoms with Crippen LogP contribution in [-0.2, 0) is 9.53 Å². The number of unbranched alkanes of at least 4 members (excludes halogenated alkanes) is 1. The molecule has 0 saturated carbocycles. The van der Waals surface area contributed by atoms with Crippen LogP contribution in [-0.4, -0.2) is 30.9 Å². The van der Waals surface area contributed by atoms with Gasteiger partial charge < -0.3 is 20.6 Å².